The number of hydrogen-bond acceptors (Lipinski definition) is 3. The van der Waals surface area contributed by atoms with E-state index in [0.717, 1.165) is 5.69 Å². The van der Waals surface area contributed by atoms with Gasteiger partial charge in [0.15, 0.2) is 0 Å². The quantitative estimate of drug-likeness (QED) is 0.755. The van der Waals surface area contributed by atoms with Crippen LogP contribution in [0.4, 0.5) is 5.69 Å². The van der Waals surface area contributed by atoms with Crippen LogP contribution in [0.1, 0.15) is 29.4 Å². The predicted molar refractivity (Wildman–Crippen MR) is 106 cm³/mol. The molecule has 1 aromatic heterocycles. The summed E-state index contributed by atoms with van der Waals surface area (Å²) < 4.78 is 3.29. The molecule has 0 saturated carbocycles. The lowest BCUT2D eigenvalue weighted by molar-refractivity contribution is 0.0984. The molecule has 0 unspecified atom stereocenters. The van der Waals surface area contributed by atoms with Crippen molar-refractivity contribution in [1.29, 1.82) is 0 Å². The van der Waals surface area contributed by atoms with Crippen molar-refractivity contribution in [3.05, 3.63) is 76.2 Å². The molecule has 0 spiro atoms. The largest absolute Gasteiger partial charge is 0.507 e. The van der Waals surface area contributed by atoms with E-state index in [4.69, 9.17) is 0 Å². The van der Waals surface area contributed by atoms with Crippen LogP contribution in [0.15, 0.2) is 59.4 Å². The molecule has 0 aliphatic heterocycles. The normalized spacial score (nSPS) is 10.8. The van der Waals surface area contributed by atoms with Gasteiger partial charge in [0.2, 0.25) is 0 Å². The van der Waals surface area contributed by atoms with Crippen LogP contribution < -0.4 is 10.5 Å². The topological polar surface area (TPSA) is 67.5 Å². The monoisotopic (exact) mass is 365 g/mol. The van der Waals surface area contributed by atoms with Crippen molar-refractivity contribution in [3.8, 4) is 11.4 Å². The summed E-state index contributed by atoms with van der Waals surface area (Å²) in [5.41, 5.74) is 1.65. The Bertz CT molecular complexity index is 1020. The molecule has 0 radical (unpaired) electrons. The predicted octanol–water partition coefficient (Wildman–Crippen LogP) is 3.25. The second-order valence-electron chi connectivity index (χ2n) is 6.38. The number of amides is 1. The Balaban J connectivity index is 2.16. The number of aromatic nitrogens is 2. The van der Waals surface area contributed by atoms with Crippen molar-refractivity contribution in [2.75, 3.05) is 11.4 Å². The number of para-hydroxylation sites is 2. The number of hydrogen-bond donors (Lipinski definition) is 1. The first-order valence-electron chi connectivity index (χ1n) is 8.91. The summed E-state index contributed by atoms with van der Waals surface area (Å²) in [5.74, 6) is -0.485. The minimum atomic E-state index is -0.388. The maximum absolute atomic E-state index is 13.2. The number of aromatic hydroxyl groups is 1. The van der Waals surface area contributed by atoms with Crippen molar-refractivity contribution in [3.63, 3.8) is 0 Å². The summed E-state index contributed by atoms with van der Waals surface area (Å²) in [6.07, 6.45) is 0.679. The van der Waals surface area contributed by atoms with Crippen molar-refractivity contribution >= 4 is 11.6 Å². The van der Waals surface area contributed by atoms with E-state index in [0.29, 0.717) is 24.3 Å². The third-order valence-electron chi connectivity index (χ3n) is 4.62. The highest BCUT2D eigenvalue weighted by Gasteiger charge is 2.27. The Kier molecular flexibility index (Phi) is 5.16. The molecule has 0 fully saturated rings. The molecule has 1 N–H and O–H groups in total. The van der Waals surface area contributed by atoms with E-state index in [2.05, 4.69) is 0 Å². The van der Waals surface area contributed by atoms with Gasteiger partial charge in [0.1, 0.15) is 11.4 Å². The van der Waals surface area contributed by atoms with Gasteiger partial charge in [-0.05, 0) is 37.6 Å². The number of anilines is 1. The van der Waals surface area contributed by atoms with E-state index in [1.54, 1.807) is 34.6 Å². The lowest BCUT2D eigenvalue weighted by Crippen LogP contribution is -2.36. The Morgan fingerprint density at radius 3 is 2.33 bits per heavy atom. The standard InChI is InChI=1S/C21H23N3O3/c1-4-14-23(20(26)17-12-8-9-13-18(17)25)19-15(2)22(3)24(21(19)27)16-10-6-5-7-11-16/h5-13,25H,4,14H2,1-3H3. The zero-order valence-electron chi connectivity index (χ0n) is 15.7. The average Bonchev–Trinajstić information content (AvgIpc) is 2.89. The lowest BCUT2D eigenvalue weighted by Gasteiger charge is -2.21. The van der Waals surface area contributed by atoms with Gasteiger partial charge in [-0.2, -0.15) is 0 Å². The number of carbonyl (C=O) groups is 1. The molecular formula is C21H23N3O3. The molecule has 3 rings (SSSR count). The van der Waals surface area contributed by atoms with Crippen molar-refractivity contribution in [2.24, 2.45) is 7.05 Å². The van der Waals surface area contributed by atoms with Gasteiger partial charge in [0.25, 0.3) is 11.5 Å². The van der Waals surface area contributed by atoms with Gasteiger partial charge >= 0.3 is 0 Å². The van der Waals surface area contributed by atoms with E-state index in [-0.39, 0.29) is 22.8 Å². The molecule has 2 aromatic carbocycles. The molecule has 1 heterocycles. The average molecular weight is 365 g/mol. The molecule has 0 aliphatic carbocycles. The van der Waals surface area contributed by atoms with E-state index >= 15 is 0 Å². The van der Waals surface area contributed by atoms with Crippen molar-refractivity contribution in [1.82, 2.24) is 9.36 Å². The molecule has 0 aliphatic rings. The van der Waals surface area contributed by atoms with Gasteiger partial charge in [-0.1, -0.05) is 37.3 Å². The van der Waals surface area contributed by atoms with Crippen molar-refractivity contribution < 1.29 is 9.90 Å². The number of phenolic OH excluding ortho intramolecular Hbond substituents is 1. The third-order valence-corrected chi connectivity index (χ3v) is 4.62. The Morgan fingerprint density at radius 1 is 1.07 bits per heavy atom. The van der Waals surface area contributed by atoms with E-state index < -0.39 is 0 Å². The van der Waals surface area contributed by atoms with Crippen LogP contribution in [0.2, 0.25) is 0 Å². The van der Waals surface area contributed by atoms with Gasteiger partial charge in [-0.3, -0.25) is 14.3 Å². The van der Waals surface area contributed by atoms with E-state index in [1.807, 2.05) is 44.2 Å². The first-order valence-corrected chi connectivity index (χ1v) is 8.91. The fraction of sp³-hybridized carbons (Fsp3) is 0.238. The van der Waals surface area contributed by atoms with Gasteiger partial charge in [-0.15, -0.1) is 0 Å². The first-order chi connectivity index (χ1) is 13.0. The zero-order chi connectivity index (χ0) is 19.6. The van der Waals surface area contributed by atoms with Gasteiger partial charge in [0.05, 0.1) is 16.9 Å². The Morgan fingerprint density at radius 2 is 1.70 bits per heavy atom. The molecule has 140 valence electrons. The summed E-state index contributed by atoms with van der Waals surface area (Å²) >= 11 is 0. The fourth-order valence-corrected chi connectivity index (χ4v) is 3.20. The second-order valence-corrected chi connectivity index (χ2v) is 6.38. The fourth-order valence-electron chi connectivity index (χ4n) is 3.20. The molecule has 0 atom stereocenters. The SMILES string of the molecule is CCCN(C(=O)c1ccccc1O)c1c(C)n(C)n(-c2ccccc2)c1=O. The molecule has 0 bridgehead atoms. The van der Waals surface area contributed by atoms with Crippen molar-refractivity contribution in [2.45, 2.75) is 20.3 Å². The summed E-state index contributed by atoms with van der Waals surface area (Å²) in [7, 11) is 1.79. The second kappa shape index (κ2) is 7.53. The molecular weight excluding hydrogens is 342 g/mol. The highest BCUT2D eigenvalue weighted by atomic mass is 16.3. The number of benzene rings is 2. The van der Waals surface area contributed by atoms with Crippen LogP contribution >= 0.6 is 0 Å². The third kappa shape index (κ3) is 3.26. The van der Waals surface area contributed by atoms with Crippen LogP contribution in [-0.2, 0) is 7.05 Å². The highest BCUT2D eigenvalue weighted by Crippen LogP contribution is 2.24. The van der Waals surface area contributed by atoms with Gasteiger partial charge in [-0.25, -0.2) is 4.68 Å². The molecule has 3 aromatic rings. The minimum absolute atomic E-state index is 0.0967. The number of carbonyl (C=O) groups excluding carboxylic acids is 1. The summed E-state index contributed by atoms with van der Waals surface area (Å²) in [6, 6.07) is 15.7. The molecule has 27 heavy (non-hydrogen) atoms. The Labute approximate surface area is 157 Å². The van der Waals surface area contributed by atoms with Crippen LogP contribution in [0.3, 0.4) is 0 Å². The molecule has 1 amide bonds. The molecule has 6 nitrogen and oxygen atoms in total. The van der Waals surface area contributed by atoms with Crippen LogP contribution in [0.25, 0.3) is 5.69 Å². The number of rotatable bonds is 5. The summed E-state index contributed by atoms with van der Waals surface area (Å²) in [5, 5.41) is 10.1. The number of phenols is 1. The van der Waals surface area contributed by atoms with Gasteiger partial charge in [0, 0.05) is 13.6 Å². The number of nitrogens with zero attached hydrogens (tertiary/aromatic N) is 3. The first kappa shape index (κ1) is 18.5. The van der Waals surface area contributed by atoms with Gasteiger partial charge < -0.3 is 10.0 Å². The maximum atomic E-state index is 13.2. The lowest BCUT2D eigenvalue weighted by atomic mass is 10.1. The van der Waals surface area contributed by atoms with E-state index in [9.17, 15) is 14.7 Å². The summed E-state index contributed by atoms with van der Waals surface area (Å²) in [4.78, 5) is 27.8. The van der Waals surface area contributed by atoms with Crippen LogP contribution in [0, 0.1) is 6.92 Å². The smallest absolute Gasteiger partial charge is 0.295 e. The summed E-state index contributed by atoms with van der Waals surface area (Å²) in [6.45, 7) is 4.14. The minimum Gasteiger partial charge on any atom is -0.507 e. The maximum Gasteiger partial charge on any atom is 0.295 e. The Hall–Kier alpha value is -3.28. The van der Waals surface area contributed by atoms with Crippen LogP contribution in [-0.4, -0.2) is 26.9 Å². The molecule has 0 saturated heterocycles. The van der Waals surface area contributed by atoms with E-state index in [1.165, 1.54) is 11.0 Å². The zero-order valence-corrected chi connectivity index (χ0v) is 15.7. The highest BCUT2D eigenvalue weighted by molar-refractivity contribution is 6.08. The van der Waals surface area contributed by atoms with Crippen LogP contribution in [0.5, 0.6) is 5.75 Å². The molecule has 6 heteroatoms.